The highest BCUT2D eigenvalue weighted by Gasteiger charge is 2.39. The molecule has 31 heavy (non-hydrogen) atoms. The third-order valence-electron chi connectivity index (χ3n) is 5.39. The fraction of sp³-hybridized carbons (Fsp3) is 0.364. The van der Waals surface area contributed by atoms with Gasteiger partial charge in [-0.1, -0.05) is 24.3 Å². The minimum absolute atomic E-state index is 0.0354. The first kappa shape index (κ1) is 22.9. The van der Waals surface area contributed by atoms with Crippen LogP contribution in [0.2, 0.25) is 0 Å². The molecule has 2 aromatic rings. The number of sulfonamides is 1. The van der Waals surface area contributed by atoms with Crippen molar-refractivity contribution in [3.05, 3.63) is 59.7 Å². The molecule has 1 aliphatic rings. The number of para-hydroxylation sites is 1. The predicted octanol–water partition coefficient (Wildman–Crippen LogP) is 1.82. The Labute approximate surface area is 183 Å². The maximum absolute atomic E-state index is 13.3. The second-order valence-corrected chi connectivity index (χ2v) is 9.83. The summed E-state index contributed by atoms with van der Waals surface area (Å²) in [6.07, 6.45) is 0. The first-order valence-electron chi connectivity index (χ1n) is 10.1. The van der Waals surface area contributed by atoms with Gasteiger partial charge in [0.15, 0.2) is 0 Å². The summed E-state index contributed by atoms with van der Waals surface area (Å²) in [7, 11) is -3.82. The molecule has 3 rings (SSSR count). The van der Waals surface area contributed by atoms with Crippen molar-refractivity contribution < 1.29 is 18.0 Å². The molecule has 0 spiro atoms. The van der Waals surface area contributed by atoms with E-state index in [0.717, 1.165) is 11.3 Å². The average Bonchev–Trinajstić information content (AvgIpc) is 2.69. The molecule has 2 aromatic carbocycles. The van der Waals surface area contributed by atoms with Crippen LogP contribution in [0, 0.1) is 6.92 Å². The van der Waals surface area contributed by atoms with E-state index in [4.69, 9.17) is 5.73 Å². The molecule has 0 bridgehead atoms. The summed E-state index contributed by atoms with van der Waals surface area (Å²) in [6, 6.07) is 12.6. The highest BCUT2D eigenvalue weighted by atomic mass is 32.2. The zero-order valence-electron chi connectivity index (χ0n) is 17.9. The van der Waals surface area contributed by atoms with Crippen LogP contribution in [-0.4, -0.2) is 61.2 Å². The number of carbonyl (C=O) groups excluding carboxylic acids is 2. The molecule has 0 aromatic heterocycles. The van der Waals surface area contributed by atoms with Gasteiger partial charge in [0, 0.05) is 36.4 Å². The van der Waals surface area contributed by atoms with Crippen molar-refractivity contribution in [2.45, 2.75) is 37.8 Å². The molecule has 3 N–H and O–H groups in total. The fourth-order valence-corrected chi connectivity index (χ4v) is 5.91. The third kappa shape index (κ3) is 5.12. The quantitative estimate of drug-likeness (QED) is 0.706. The first-order valence-corrected chi connectivity index (χ1v) is 11.5. The molecular weight excluding hydrogens is 416 g/mol. The maximum atomic E-state index is 13.3. The van der Waals surface area contributed by atoms with E-state index in [-0.39, 0.29) is 35.0 Å². The fourth-order valence-electron chi connectivity index (χ4n) is 4.06. The van der Waals surface area contributed by atoms with Gasteiger partial charge in [-0.05, 0) is 50.6 Å². The van der Waals surface area contributed by atoms with Crippen LogP contribution in [0.15, 0.2) is 53.4 Å². The zero-order valence-corrected chi connectivity index (χ0v) is 18.7. The number of rotatable bonds is 6. The summed E-state index contributed by atoms with van der Waals surface area (Å²) in [5, 5.41) is 2.92. The lowest BCUT2D eigenvalue weighted by Gasteiger charge is -2.43. The molecule has 1 saturated heterocycles. The molecule has 0 saturated carbocycles. The van der Waals surface area contributed by atoms with Crippen molar-refractivity contribution in [3.8, 4) is 0 Å². The molecular formula is C22H28N4O4S. The lowest BCUT2D eigenvalue weighted by atomic mass is 10.1. The molecule has 0 radical (unpaired) electrons. The monoisotopic (exact) mass is 444 g/mol. The Balaban J connectivity index is 1.71. The minimum atomic E-state index is -3.82. The number of nitrogens with one attached hydrogen (secondary N) is 1. The van der Waals surface area contributed by atoms with E-state index in [2.05, 4.69) is 5.32 Å². The number of primary amides is 1. The van der Waals surface area contributed by atoms with Crippen molar-refractivity contribution in [1.29, 1.82) is 0 Å². The topological polar surface area (TPSA) is 113 Å². The van der Waals surface area contributed by atoms with E-state index >= 15 is 0 Å². The van der Waals surface area contributed by atoms with Gasteiger partial charge >= 0.3 is 0 Å². The number of hydrogen-bond acceptors (Lipinski definition) is 5. The van der Waals surface area contributed by atoms with Crippen molar-refractivity contribution in [2.24, 2.45) is 5.73 Å². The van der Waals surface area contributed by atoms with Crippen molar-refractivity contribution >= 4 is 27.5 Å². The molecule has 2 atom stereocenters. The Morgan fingerprint density at radius 2 is 1.71 bits per heavy atom. The van der Waals surface area contributed by atoms with Crippen LogP contribution in [0.3, 0.4) is 0 Å². The van der Waals surface area contributed by atoms with Gasteiger partial charge in [0.25, 0.3) is 0 Å². The predicted molar refractivity (Wildman–Crippen MR) is 119 cm³/mol. The van der Waals surface area contributed by atoms with Crippen molar-refractivity contribution in [2.75, 3.05) is 25.0 Å². The summed E-state index contributed by atoms with van der Waals surface area (Å²) in [5.74, 6) is -0.818. The lowest BCUT2D eigenvalue weighted by Crippen LogP contribution is -2.59. The number of nitrogens with zero attached hydrogens (tertiary/aromatic N) is 2. The molecule has 0 aliphatic carbocycles. The van der Waals surface area contributed by atoms with Crippen LogP contribution in [0.5, 0.6) is 0 Å². The van der Waals surface area contributed by atoms with E-state index in [0.29, 0.717) is 13.1 Å². The van der Waals surface area contributed by atoms with Gasteiger partial charge in [0.05, 0.1) is 11.4 Å². The second kappa shape index (κ2) is 9.17. The average molecular weight is 445 g/mol. The molecule has 1 fully saturated rings. The number of nitrogens with two attached hydrogens (primary N) is 1. The van der Waals surface area contributed by atoms with Gasteiger partial charge in [0.2, 0.25) is 21.8 Å². The van der Waals surface area contributed by atoms with Gasteiger partial charge in [-0.15, -0.1) is 0 Å². The summed E-state index contributed by atoms with van der Waals surface area (Å²) in [4.78, 5) is 26.0. The van der Waals surface area contributed by atoms with E-state index in [1.807, 2.05) is 49.9 Å². The van der Waals surface area contributed by atoms with Gasteiger partial charge in [-0.25, -0.2) is 8.42 Å². The van der Waals surface area contributed by atoms with Crippen LogP contribution in [0.1, 0.15) is 29.8 Å². The van der Waals surface area contributed by atoms with Crippen LogP contribution in [0.4, 0.5) is 5.69 Å². The van der Waals surface area contributed by atoms with Crippen molar-refractivity contribution in [1.82, 2.24) is 9.21 Å². The van der Waals surface area contributed by atoms with Crippen LogP contribution < -0.4 is 11.1 Å². The van der Waals surface area contributed by atoms with Gasteiger partial charge < -0.3 is 11.1 Å². The van der Waals surface area contributed by atoms with Gasteiger partial charge in [-0.2, -0.15) is 4.31 Å². The molecule has 0 unspecified atom stereocenters. The number of benzene rings is 2. The van der Waals surface area contributed by atoms with E-state index in [1.165, 1.54) is 28.6 Å². The Bertz CT molecular complexity index is 1070. The smallest absolute Gasteiger partial charge is 0.248 e. The summed E-state index contributed by atoms with van der Waals surface area (Å²) in [6.45, 7) is 6.57. The Hall–Kier alpha value is -2.75. The Morgan fingerprint density at radius 1 is 1.06 bits per heavy atom. The molecule has 1 aliphatic heterocycles. The summed E-state index contributed by atoms with van der Waals surface area (Å²) < 4.78 is 28.0. The van der Waals surface area contributed by atoms with E-state index in [9.17, 15) is 18.0 Å². The standard InChI is InChI=1S/C22H28N4O4S/c1-15-7-4-5-10-20(15)24-21(27)14-25-12-16(2)26(17(3)13-25)31(29,30)19-9-6-8-18(11-19)22(23)28/h4-11,16-17H,12-14H2,1-3H3,(H2,23,28)(H,24,27)/t16-,17+. The van der Waals surface area contributed by atoms with E-state index < -0.39 is 15.9 Å². The number of amides is 2. The highest BCUT2D eigenvalue weighted by molar-refractivity contribution is 7.89. The summed E-state index contributed by atoms with van der Waals surface area (Å²) >= 11 is 0. The molecule has 2 amide bonds. The number of anilines is 1. The minimum Gasteiger partial charge on any atom is -0.366 e. The number of piperazine rings is 1. The largest absolute Gasteiger partial charge is 0.366 e. The van der Waals surface area contributed by atoms with Gasteiger partial charge in [-0.3, -0.25) is 14.5 Å². The lowest BCUT2D eigenvalue weighted by molar-refractivity contribution is -0.118. The van der Waals surface area contributed by atoms with E-state index in [1.54, 1.807) is 0 Å². The Kier molecular flexibility index (Phi) is 6.78. The normalized spacial score (nSPS) is 20.4. The van der Waals surface area contributed by atoms with Crippen LogP contribution >= 0.6 is 0 Å². The highest BCUT2D eigenvalue weighted by Crippen LogP contribution is 2.26. The second-order valence-electron chi connectivity index (χ2n) is 7.98. The molecule has 9 heteroatoms. The first-order chi connectivity index (χ1) is 14.6. The Morgan fingerprint density at radius 3 is 2.32 bits per heavy atom. The molecule has 166 valence electrons. The molecule has 1 heterocycles. The zero-order chi connectivity index (χ0) is 22.8. The number of carbonyl (C=O) groups is 2. The van der Waals surface area contributed by atoms with Crippen molar-refractivity contribution in [3.63, 3.8) is 0 Å². The number of hydrogen-bond donors (Lipinski definition) is 2. The SMILES string of the molecule is Cc1ccccc1NC(=O)CN1C[C@@H](C)N(S(=O)(=O)c2cccc(C(N)=O)c2)[C@@H](C)C1. The van der Waals surface area contributed by atoms with Gasteiger partial charge in [0.1, 0.15) is 0 Å². The number of aryl methyl sites for hydroxylation is 1. The van der Waals surface area contributed by atoms with Crippen LogP contribution in [0.25, 0.3) is 0 Å². The third-order valence-corrected chi connectivity index (χ3v) is 7.52. The molecule has 8 nitrogen and oxygen atoms in total. The maximum Gasteiger partial charge on any atom is 0.248 e. The van der Waals surface area contributed by atoms with Crippen LogP contribution in [-0.2, 0) is 14.8 Å². The summed E-state index contributed by atoms with van der Waals surface area (Å²) in [5.41, 5.74) is 7.19.